The van der Waals surface area contributed by atoms with Gasteiger partial charge >= 0.3 is 0 Å². The molecular formula is C26H25N3O. The van der Waals surface area contributed by atoms with Gasteiger partial charge in [0.1, 0.15) is 11.6 Å². The minimum Gasteiger partial charge on any atom is -0.382 e. The molecule has 150 valence electrons. The third kappa shape index (κ3) is 3.11. The van der Waals surface area contributed by atoms with Crippen LogP contribution in [-0.2, 0) is 12.0 Å². The molecule has 4 nitrogen and oxygen atoms in total. The number of hydrogen-bond acceptors (Lipinski definition) is 4. The average molecular weight is 396 g/mol. The molecule has 2 atom stereocenters. The van der Waals surface area contributed by atoms with Gasteiger partial charge in [0.05, 0.1) is 5.69 Å². The zero-order valence-electron chi connectivity index (χ0n) is 16.9. The van der Waals surface area contributed by atoms with Gasteiger partial charge in [-0.05, 0) is 37.4 Å². The summed E-state index contributed by atoms with van der Waals surface area (Å²) in [6.45, 7) is 1.89. The molecule has 0 saturated carbocycles. The summed E-state index contributed by atoms with van der Waals surface area (Å²) in [5.74, 6) is 3.68. The lowest BCUT2D eigenvalue weighted by atomic mass is 9.66. The third-order valence-corrected chi connectivity index (χ3v) is 6.64. The van der Waals surface area contributed by atoms with E-state index in [1.807, 2.05) is 54.7 Å². The SMILES string of the molecule is C#CC1N2CCC(CC2)C1(O)c1cnc(-c2ccccc2)nc1Cc1ccccc1. The number of terminal acetylenes is 1. The molecule has 2 aromatic carbocycles. The molecule has 0 amide bonds. The summed E-state index contributed by atoms with van der Waals surface area (Å²) >= 11 is 0. The van der Waals surface area contributed by atoms with E-state index in [9.17, 15) is 5.11 Å². The molecule has 3 aliphatic heterocycles. The van der Waals surface area contributed by atoms with Gasteiger partial charge in [0.25, 0.3) is 0 Å². The minimum atomic E-state index is -1.12. The van der Waals surface area contributed by atoms with Crippen molar-refractivity contribution >= 4 is 0 Å². The maximum absolute atomic E-state index is 12.0. The highest BCUT2D eigenvalue weighted by atomic mass is 16.3. The van der Waals surface area contributed by atoms with Crippen LogP contribution in [0.25, 0.3) is 11.4 Å². The number of nitrogens with zero attached hydrogens (tertiary/aromatic N) is 3. The van der Waals surface area contributed by atoms with Crippen LogP contribution in [0, 0.1) is 18.3 Å². The second-order valence-electron chi connectivity index (χ2n) is 8.29. The molecule has 4 heteroatoms. The molecule has 1 aromatic heterocycles. The third-order valence-electron chi connectivity index (χ3n) is 6.64. The van der Waals surface area contributed by atoms with Crippen LogP contribution in [0.2, 0.25) is 0 Å². The van der Waals surface area contributed by atoms with E-state index in [0.717, 1.165) is 48.3 Å². The number of benzene rings is 2. The fourth-order valence-corrected chi connectivity index (χ4v) is 5.10. The van der Waals surface area contributed by atoms with E-state index in [1.54, 1.807) is 0 Å². The van der Waals surface area contributed by atoms with E-state index >= 15 is 0 Å². The van der Waals surface area contributed by atoms with Crippen molar-refractivity contribution in [2.24, 2.45) is 5.92 Å². The number of piperidine rings is 3. The number of hydrogen-bond donors (Lipinski definition) is 1. The molecule has 0 spiro atoms. The first-order valence-corrected chi connectivity index (χ1v) is 10.6. The molecule has 3 saturated heterocycles. The van der Waals surface area contributed by atoms with Gasteiger partial charge in [-0.25, -0.2) is 9.97 Å². The second-order valence-corrected chi connectivity index (χ2v) is 8.29. The van der Waals surface area contributed by atoms with Gasteiger partial charge in [-0.15, -0.1) is 6.42 Å². The van der Waals surface area contributed by atoms with E-state index < -0.39 is 5.60 Å². The largest absolute Gasteiger partial charge is 0.382 e. The van der Waals surface area contributed by atoms with Crippen LogP contribution in [0.1, 0.15) is 29.7 Å². The Kier molecular flexibility index (Phi) is 4.86. The molecule has 4 heterocycles. The summed E-state index contributed by atoms with van der Waals surface area (Å²) in [5, 5.41) is 12.0. The highest BCUT2D eigenvalue weighted by Crippen LogP contribution is 2.47. The molecule has 2 unspecified atom stereocenters. The lowest BCUT2D eigenvalue weighted by molar-refractivity contribution is -0.143. The zero-order valence-corrected chi connectivity index (χ0v) is 16.9. The maximum Gasteiger partial charge on any atom is 0.159 e. The summed E-state index contributed by atoms with van der Waals surface area (Å²) in [5.41, 5.74) is 2.63. The van der Waals surface area contributed by atoms with E-state index in [4.69, 9.17) is 11.4 Å². The van der Waals surface area contributed by atoms with Crippen molar-refractivity contribution in [3.05, 3.63) is 83.7 Å². The van der Waals surface area contributed by atoms with Crippen LogP contribution in [-0.4, -0.2) is 39.1 Å². The van der Waals surface area contributed by atoms with Crippen molar-refractivity contribution in [2.75, 3.05) is 13.1 Å². The Morgan fingerprint density at radius 1 is 1.03 bits per heavy atom. The quantitative estimate of drug-likeness (QED) is 0.685. The van der Waals surface area contributed by atoms with Crippen LogP contribution >= 0.6 is 0 Å². The highest BCUT2D eigenvalue weighted by molar-refractivity contribution is 5.55. The number of aliphatic hydroxyl groups is 1. The molecule has 3 fully saturated rings. The number of aromatic nitrogens is 2. The van der Waals surface area contributed by atoms with Crippen molar-refractivity contribution < 1.29 is 5.11 Å². The first-order chi connectivity index (χ1) is 14.7. The maximum atomic E-state index is 12.0. The van der Waals surface area contributed by atoms with Crippen LogP contribution in [0.3, 0.4) is 0 Å². The Morgan fingerprint density at radius 2 is 1.70 bits per heavy atom. The van der Waals surface area contributed by atoms with Crippen LogP contribution in [0.5, 0.6) is 0 Å². The first kappa shape index (κ1) is 19.0. The van der Waals surface area contributed by atoms with E-state index in [1.165, 1.54) is 0 Å². The molecule has 3 aliphatic rings. The smallest absolute Gasteiger partial charge is 0.159 e. The molecular weight excluding hydrogens is 370 g/mol. The van der Waals surface area contributed by atoms with Crippen LogP contribution in [0.4, 0.5) is 0 Å². The summed E-state index contributed by atoms with van der Waals surface area (Å²) in [4.78, 5) is 11.9. The number of fused-ring (bicyclic) bond motifs is 3. The Balaban J connectivity index is 1.65. The standard InChI is InChI=1S/C26H25N3O/c1-2-24-26(30,21-13-15-29(24)16-14-21)22-18-27-25(20-11-7-4-8-12-20)28-23(22)17-19-9-5-3-6-10-19/h1,3-12,18,21,24,30H,13-17H2. The predicted molar refractivity (Wildman–Crippen MR) is 118 cm³/mol. The van der Waals surface area contributed by atoms with Gasteiger partial charge in [-0.3, -0.25) is 4.90 Å². The lowest BCUT2D eigenvalue weighted by Gasteiger charge is -2.54. The summed E-state index contributed by atoms with van der Waals surface area (Å²) in [6, 6.07) is 19.9. The summed E-state index contributed by atoms with van der Waals surface area (Å²) in [6.07, 6.45) is 10.3. The van der Waals surface area contributed by atoms with Gasteiger partial charge in [0, 0.05) is 23.7 Å². The van der Waals surface area contributed by atoms with E-state index in [2.05, 4.69) is 27.9 Å². The first-order valence-electron chi connectivity index (χ1n) is 10.6. The Morgan fingerprint density at radius 3 is 2.37 bits per heavy atom. The molecule has 1 N–H and O–H groups in total. The van der Waals surface area contributed by atoms with Crippen LogP contribution < -0.4 is 0 Å². The van der Waals surface area contributed by atoms with Gasteiger partial charge in [-0.1, -0.05) is 66.6 Å². The molecule has 0 aliphatic carbocycles. The molecule has 0 radical (unpaired) electrons. The normalized spacial score (nSPS) is 27.5. The molecule has 2 bridgehead atoms. The van der Waals surface area contributed by atoms with Gasteiger partial charge in [0.2, 0.25) is 0 Å². The van der Waals surface area contributed by atoms with Crippen LogP contribution in [0.15, 0.2) is 66.9 Å². The summed E-state index contributed by atoms with van der Waals surface area (Å²) in [7, 11) is 0. The monoisotopic (exact) mass is 395 g/mol. The number of rotatable bonds is 4. The highest BCUT2D eigenvalue weighted by Gasteiger charge is 2.54. The lowest BCUT2D eigenvalue weighted by Crippen LogP contribution is -2.63. The average Bonchev–Trinajstić information content (AvgIpc) is 2.81. The zero-order chi connectivity index (χ0) is 20.6. The fraction of sp³-hybridized carbons (Fsp3) is 0.308. The predicted octanol–water partition coefficient (Wildman–Crippen LogP) is 3.65. The van der Waals surface area contributed by atoms with Gasteiger partial charge in [-0.2, -0.15) is 0 Å². The van der Waals surface area contributed by atoms with Gasteiger partial charge in [0.15, 0.2) is 5.82 Å². The minimum absolute atomic E-state index is 0.129. The van der Waals surface area contributed by atoms with Crippen molar-refractivity contribution in [1.82, 2.24) is 14.9 Å². The van der Waals surface area contributed by atoms with E-state index in [0.29, 0.717) is 12.2 Å². The second kappa shape index (κ2) is 7.68. The molecule has 6 rings (SSSR count). The Bertz CT molecular complexity index is 1070. The summed E-state index contributed by atoms with van der Waals surface area (Å²) < 4.78 is 0. The van der Waals surface area contributed by atoms with Crippen molar-refractivity contribution in [3.63, 3.8) is 0 Å². The topological polar surface area (TPSA) is 49.2 Å². The van der Waals surface area contributed by atoms with Crippen molar-refractivity contribution in [2.45, 2.75) is 30.9 Å². The van der Waals surface area contributed by atoms with Crippen molar-refractivity contribution in [3.8, 4) is 23.7 Å². The van der Waals surface area contributed by atoms with Crippen molar-refractivity contribution in [1.29, 1.82) is 0 Å². The Hall–Kier alpha value is -3.00. The molecule has 3 aromatic rings. The fourth-order valence-electron chi connectivity index (χ4n) is 5.10. The molecule has 30 heavy (non-hydrogen) atoms. The Labute approximate surface area is 177 Å². The van der Waals surface area contributed by atoms with Gasteiger partial charge < -0.3 is 5.11 Å². The van der Waals surface area contributed by atoms with E-state index in [-0.39, 0.29) is 12.0 Å².